The van der Waals surface area contributed by atoms with Crippen molar-refractivity contribution >= 4 is 5.91 Å². The summed E-state index contributed by atoms with van der Waals surface area (Å²) in [5.74, 6) is 2.41. The van der Waals surface area contributed by atoms with Crippen LogP contribution in [0.5, 0.6) is 0 Å². The zero-order chi connectivity index (χ0) is 14.3. The zero-order valence-corrected chi connectivity index (χ0v) is 12.7. The van der Waals surface area contributed by atoms with Crippen LogP contribution < -0.4 is 5.32 Å². The second-order valence-corrected chi connectivity index (χ2v) is 7.27. The number of hydrogen-bond donors (Lipinski definition) is 1. The molecule has 21 heavy (non-hydrogen) atoms. The maximum absolute atomic E-state index is 12.0. The van der Waals surface area contributed by atoms with Crippen LogP contribution >= 0.6 is 0 Å². The van der Waals surface area contributed by atoms with Crippen LogP contribution in [-0.4, -0.2) is 37.2 Å². The molecular formula is C17H26N2O2. The van der Waals surface area contributed by atoms with Crippen LogP contribution in [0, 0.1) is 23.2 Å². The Morgan fingerprint density at radius 3 is 2.95 bits per heavy atom. The van der Waals surface area contributed by atoms with Gasteiger partial charge < -0.3 is 5.32 Å². The van der Waals surface area contributed by atoms with E-state index in [0.29, 0.717) is 17.8 Å². The highest BCUT2D eigenvalue weighted by atomic mass is 16.7. The van der Waals surface area contributed by atoms with Crippen LogP contribution in [0.1, 0.15) is 38.5 Å². The van der Waals surface area contributed by atoms with Gasteiger partial charge in [-0.25, -0.2) is 0 Å². The third kappa shape index (κ3) is 2.53. The van der Waals surface area contributed by atoms with Gasteiger partial charge in [-0.05, 0) is 55.3 Å². The van der Waals surface area contributed by atoms with Gasteiger partial charge in [0.05, 0.1) is 6.61 Å². The molecule has 3 atom stereocenters. The predicted molar refractivity (Wildman–Crippen MR) is 80.3 cm³/mol. The van der Waals surface area contributed by atoms with E-state index in [4.69, 9.17) is 4.84 Å². The maximum atomic E-state index is 12.0. The lowest BCUT2D eigenvalue weighted by Gasteiger charge is -2.26. The second kappa shape index (κ2) is 5.40. The molecule has 1 amide bonds. The Morgan fingerprint density at radius 1 is 1.33 bits per heavy atom. The Kier molecular flexibility index (Phi) is 3.54. The first-order valence-electron chi connectivity index (χ1n) is 8.61. The standard InChI is InChI=1S/C17H26N2O2/c20-16(5-9-19-8-1-2-10-21-19)18-12-13-11-14-3-4-15(13)17(14)6-7-17/h3-4,13-15H,1-2,5-12H2,(H,18,20)/t13-,14-,15+/m0/s1. The smallest absolute Gasteiger partial charge is 0.221 e. The average Bonchev–Trinajstić information content (AvgIpc) is 3.19. The number of rotatable bonds is 5. The summed E-state index contributed by atoms with van der Waals surface area (Å²) in [7, 11) is 0. The van der Waals surface area contributed by atoms with E-state index in [2.05, 4.69) is 17.5 Å². The number of hydroxylamine groups is 2. The van der Waals surface area contributed by atoms with E-state index in [1.165, 1.54) is 25.7 Å². The molecule has 2 bridgehead atoms. The van der Waals surface area contributed by atoms with Crippen molar-refractivity contribution in [2.75, 3.05) is 26.2 Å². The lowest BCUT2D eigenvalue weighted by Crippen LogP contribution is -2.36. The first kappa shape index (κ1) is 13.8. The van der Waals surface area contributed by atoms with Crippen LogP contribution in [0.3, 0.4) is 0 Å². The minimum absolute atomic E-state index is 0.181. The van der Waals surface area contributed by atoms with E-state index in [-0.39, 0.29) is 5.91 Å². The molecule has 4 aliphatic rings. The first-order chi connectivity index (χ1) is 10.3. The van der Waals surface area contributed by atoms with Crippen molar-refractivity contribution in [3.05, 3.63) is 12.2 Å². The van der Waals surface area contributed by atoms with Gasteiger partial charge >= 0.3 is 0 Å². The number of carbonyl (C=O) groups excluding carboxylic acids is 1. The molecule has 0 aromatic rings. The topological polar surface area (TPSA) is 41.6 Å². The number of nitrogens with one attached hydrogen (secondary N) is 1. The number of hydrogen-bond acceptors (Lipinski definition) is 3. The zero-order valence-electron chi connectivity index (χ0n) is 12.7. The summed E-state index contributed by atoms with van der Waals surface area (Å²) in [6.45, 7) is 3.37. The lowest BCUT2D eigenvalue weighted by molar-refractivity contribution is -0.181. The maximum Gasteiger partial charge on any atom is 0.221 e. The van der Waals surface area contributed by atoms with Crippen molar-refractivity contribution in [2.45, 2.75) is 38.5 Å². The van der Waals surface area contributed by atoms with E-state index >= 15 is 0 Å². The Hall–Kier alpha value is -0.870. The summed E-state index contributed by atoms with van der Waals surface area (Å²) in [5, 5.41) is 5.11. The highest BCUT2D eigenvalue weighted by molar-refractivity contribution is 5.76. The molecule has 116 valence electrons. The van der Waals surface area contributed by atoms with Crippen molar-refractivity contribution in [2.24, 2.45) is 23.2 Å². The number of amides is 1. The van der Waals surface area contributed by atoms with Crippen molar-refractivity contribution in [1.29, 1.82) is 0 Å². The van der Waals surface area contributed by atoms with Gasteiger partial charge in [0.1, 0.15) is 0 Å². The third-order valence-electron chi connectivity index (χ3n) is 6.07. The van der Waals surface area contributed by atoms with Crippen LogP contribution in [0.25, 0.3) is 0 Å². The van der Waals surface area contributed by atoms with Gasteiger partial charge in [0.15, 0.2) is 0 Å². The van der Waals surface area contributed by atoms with Crippen molar-refractivity contribution in [1.82, 2.24) is 10.4 Å². The van der Waals surface area contributed by atoms with E-state index in [0.717, 1.165) is 44.5 Å². The Morgan fingerprint density at radius 2 is 2.24 bits per heavy atom. The molecule has 1 N–H and O–H groups in total. The molecule has 4 rings (SSSR count). The van der Waals surface area contributed by atoms with Gasteiger partial charge in [0.25, 0.3) is 0 Å². The quantitative estimate of drug-likeness (QED) is 0.789. The SMILES string of the molecule is O=C(CCN1CCCCO1)NC[C@@H]1C[C@@H]2C=C[C@H]1C21CC1. The van der Waals surface area contributed by atoms with Gasteiger partial charge in [-0.2, -0.15) is 5.06 Å². The van der Waals surface area contributed by atoms with Gasteiger partial charge in [-0.15, -0.1) is 0 Å². The largest absolute Gasteiger partial charge is 0.356 e. The molecule has 0 aromatic heterocycles. The highest BCUT2D eigenvalue weighted by Gasteiger charge is 2.62. The summed E-state index contributed by atoms with van der Waals surface area (Å²) >= 11 is 0. The van der Waals surface area contributed by atoms with E-state index < -0.39 is 0 Å². The summed E-state index contributed by atoms with van der Waals surface area (Å²) in [6.07, 6.45) is 11.9. The molecule has 3 aliphatic carbocycles. The Balaban J connectivity index is 1.19. The summed E-state index contributed by atoms with van der Waals surface area (Å²) in [5.41, 5.74) is 0.636. The number of allylic oxidation sites excluding steroid dienone is 2. The fraction of sp³-hybridized carbons (Fsp3) is 0.824. The van der Waals surface area contributed by atoms with Crippen LogP contribution in [0.4, 0.5) is 0 Å². The molecule has 0 radical (unpaired) electrons. The molecule has 1 saturated heterocycles. The minimum atomic E-state index is 0.181. The highest BCUT2D eigenvalue weighted by Crippen LogP contribution is 2.69. The van der Waals surface area contributed by atoms with Crippen molar-refractivity contribution in [3.63, 3.8) is 0 Å². The summed E-state index contributed by atoms with van der Waals surface area (Å²) < 4.78 is 0. The monoisotopic (exact) mass is 290 g/mol. The van der Waals surface area contributed by atoms with E-state index in [1.807, 2.05) is 5.06 Å². The van der Waals surface area contributed by atoms with Gasteiger partial charge in [-0.3, -0.25) is 9.63 Å². The number of carbonyl (C=O) groups is 1. The van der Waals surface area contributed by atoms with Crippen LogP contribution in [0.15, 0.2) is 12.2 Å². The van der Waals surface area contributed by atoms with Gasteiger partial charge in [0.2, 0.25) is 5.91 Å². The normalized spacial score (nSPS) is 36.3. The first-order valence-corrected chi connectivity index (χ1v) is 8.61. The molecule has 2 saturated carbocycles. The predicted octanol–water partition coefficient (Wildman–Crippen LogP) is 2.12. The molecule has 1 spiro atoms. The third-order valence-corrected chi connectivity index (χ3v) is 6.07. The van der Waals surface area contributed by atoms with Crippen LogP contribution in [0.2, 0.25) is 0 Å². The molecule has 4 nitrogen and oxygen atoms in total. The summed E-state index contributed by atoms with van der Waals surface area (Å²) in [4.78, 5) is 17.5. The minimum Gasteiger partial charge on any atom is -0.356 e. The molecule has 0 unspecified atom stereocenters. The summed E-state index contributed by atoms with van der Waals surface area (Å²) in [6, 6.07) is 0. The van der Waals surface area contributed by atoms with E-state index in [1.54, 1.807) is 0 Å². The molecule has 3 fully saturated rings. The van der Waals surface area contributed by atoms with E-state index in [9.17, 15) is 4.79 Å². The van der Waals surface area contributed by atoms with Crippen molar-refractivity contribution in [3.8, 4) is 0 Å². The second-order valence-electron chi connectivity index (χ2n) is 7.27. The fourth-order valence-electron chi connectivity index (χ4n) is 4.74. The average molecular weight is 290 g/mol. The molecule has 0 aromatic carbocycles. The van der Waals surface area contributed by atoms with Crippen molar-refractivity contribution < 1.29 is 9.63 Å². The number of nitrogens with zero attached hydrogens (tertiary/aromatic N) is 1. The molecule has 4 heteroatoms. The van der Waals surface area contributed by atoms with Gasteiger partial charge in [0, 0.05) is 26.1 Å². The molecular weight excluding hydrogens is 264 g/mol. The Labute approximate surface area is 126 Å². The fourth-order valence-corrected chi connectivity index (χ4v) is 4.74. The van der Waals surface area contributed by atoms with Crippen LogP contribution in [-0.2, 0) is 9.63 Å². The molecule has 1 heterocycles. The Bertz CT molecular complexity index is 438. The molecule has 1 aliphatic heterocycles. The van der Waals surface area contributed by atoms with Gasteiger partial charge in [-0.1, -0.05) is 12.2 Å². The lowest BCUT2D eigenvalue weighted by atomic mass is 9.89.